The summed E-state index contributed by atoms with van der Waals surface area (Å²) in [6.07, 6.45) is 1.05. The molecular weight excluding hydrogens is 466 g/mol. The van der Waals surface area contributed by atoms with Crippen molar-refractivity contribution in [1.29, 1.82) is 0 Å². The second kappa shape index (κ2) is 15.1. The zero-order valence-electron chi connectivity index (χ0n) is 19.1. The third-order valence-corrected chi connectivity index (χ3v) is 4.98. The lowest BCUT2D eigenvalue weighted by Crippen LogP contribution is -2.46. The third-order valence-electron chi connectivity index (χ3n) is 4.98. The molecule has 0 saturated heterocycles. The van der Waals surface area contributed by atoms with Crippen LogP contribution in [0.1, 0.15) is 37.7 Å². The lowest BCUT2D eigenvalue weighted by molar-refractivity contribution is -0.149. The molecule has 0 radical (unpaired) electrons. The number of hydrogen-bond acceptors (Lipinski definition) is 8. The van der Waals surface area contributed by atoms with Gasteiger partial charge in [0.2, 0.25) is 11.8 Å². The van der Waals surface area contributed by atoms with Crippen LogP contribution in [0.4, 0.5) is 0 Å². The van der Waals surface area contributed by atoms with Crippen LogP contribution in [-0.2, 0) is 30.4 Å². The van der Waals surface area contributed by atoms with Crippen molar-refractivity contribution in [1.82, 2.24) is 15.5 Å². The molecule has 35 heavy (non-hydrogen) atoms. The Morgan fingerprint density at radius 1 is 0.800 bits per heavy atom. The number of aromatic hydroxyl groups is 2. The number of carboxylic acids is 3. The molecule has 7 N–H and O–H groups in total. The number of nitrogens with one attached hydrogen (secondary N) is 2. The highest BCUT2D eigenvalue weighted by molar-refractivity contribution is 5.83. The van der Waals surface area contributed by atoms with E-state index in [4.69, 9.17) is 10.2 Å². The number of phenolic OH excluding ortho intramolecular Hbond substituents is 2. The second-order valence-corrected chi connectivity index (χ2v) is 7.82. The minimum atomic E-state index is -1.34. The molecule has 1 aromatic rings. The fourth-order valence-electron chi connectivity index (χ4n) is 3.25. The Hall–Kier alpha value is -3.87. The van der Waals surface area contributed by atoms with Gasteiger partial charge in [-0.1, -0.05) is 6.07 Å². The number of carbonyl (C=O) groups excluding carboxylic acids is 2. The average Bonchev–Trinajstić information content (AvgIpc) is 2.75. The number of unbranched alkanes of at least 4 members (excludes halogenated alkanes) is 1. The molecule has 0 spiro atoms. The van der Waals surface area contributed by atoms with E-state index in [1.54, 1.807) is 6.07 Å². The van der Waals surface area contributed by atoms with E-state index < -0.39 is 37.0 Å². The van der Waals surface area contributed by atoms with Crippen molar-refractivity contribution < 1.29 is 49.5 Å². The Kier molecular flexibility index (Phi) is 12.6. The highest BCUT2D eigenvalue weighted by atomic mass is 16.4. The van der Waals surface area contributed by atoms with Gasteiger partial charge in [-0.15, -0.1) is 0 Å². The molecule has 13 heteroatoms. The van der Waals surface area contributed by atoms with E-state index in [0.717, 1.165) is 10.5 Å². The van der Waals surface area contributed by atoms with Crippen LogP contribution in [0.15, 0.2) is 18.2 Å². The number of benzene rings is 1. The minimum Gasteiger partial charge on any atom is -0.504 e. The maximum Gasteiger partial charge on any atom is 0.320 e. The summed E-state index contributed by atoms with van der Waals surface area (Å²) in [5, 5.41) is 51.1. The molecule has 1 rings (SSSR count). The quantitative estimate of drug-likeness (QED) is 0.110. The van der Waals surface area contributed by atoms with Crippen molar-refractivity contribution in [3.63, 3.8) is 0 Å². The number of hydrogen-bond donors (Lipinski definition) is 7. The molecule has 0 bridgehead atoms. The highest BCUT2D eigenvalue weighted by Gasteiger charge is 2.28. The van der Waals surface area contributed by atoms with Gasteiger partial charge in [0.15, 0.2) is 11.5 Å². The molecule has 194 valence electrons. The van der Waals surface area contributed by atoms with Crippen LogP contribution in [-0.4, -0.2) is 92.4 Å². The zero-order valence-corrected chi connectivity index (χ0v) is 19.1. The summed E-state index contributed by atoms with van der Waals surface area (Å²) in [4.78, 5) is 57.9. The number of rotatable bonds is 17. The van der Waals surface area contributed by atoms with Crippen LogP contribution >= 0.6 is 0 Å². The van der Waals surface area contributed by atoms with E-state index in [1.807, 2.05) is 0 Å². The maximum absolute atomic E-state index is 11.9. The standard InChI is InChI=1S/C22H31N3O10/c26-16-5-4-14(11-17(16)27)8-10-24-19(29)7-6-18(28)23-9-2-1-3-15(22(34)35)25(12-20(30)31)13-21(32)33/h4-5,11,15,26-27H,1-3,6-10,12-13H2,(H,23,28)(H,24,29)(H,30,31)(H,32,33)(H,34,35). The Morgan fingerprint density at radius 2 is 1.37 bits per heavy atom. The SMILES string of the molecule is O=C(O)CN(CC(=O)O)C(CCCCNC(=O)CCC(=O)NCCc1ccc(O)c(O)c1)C(=O)O. The Balaban J connectivity index is 2.27. The molecule has 1 atom stereocenters. The van der Waals surface area contributed by atoms with E-state index in [0.29, 0.717) is 19.3 Å². The van der Waals surface area contributed by atoms with E-state index in [2.05, 4.69) is 10.6 Å². The maximum atomic E-state index is 11.9. The lowest BCUT2D eigenvalue weighted by Gasteiger charge is -2.25. The van der Waals surface area contributed by atoms with Gasteiger partial charge in [-0.25, -0.2) is 0 Å². The molecule has 1 unspecified atom stereocenters. The number of carboxylic acid groups (broad SMARTS) is 3. The third kappa shape index (κ3) is 12.2. The molecule has 0 heterocycles. The molecule has 0 fully saturated rings. The van der Waals surface area contributed by atoms with Crippen molar-refractivity contribution in [2.45, 2.75) is 44.6 Å². The molecule has 13 nitrogen and oxygen atoms in total. The molecule has 0 aliphatic carbocycles. The van der Waals surface area contributed by atoms with Gasteiger partial charge in [0.1, 0.15) is 6.04 Å². The molecule has 0 aliphatic rings. The minimum absolute atomic E-state index is 0.00692. The van der Waals surface area contributed by atoms with Gasteiger partial charge in [0.25, 0.3) is 0 Å². The summed E-state index contributed by atoms with van der Waals surface area (Å²) in [6, 6.07) is 3.07. The summed E-state index contributed by atoms with van der Waals surface area (Å²) in [5.74, 6) is -5.18. The van der Waals surface area contributed by atoms with E-state index >= 15 is 0 Å². The fraction of sp³-hybridized carbons (Fsp3) is 0.500. The van der Waals surface area contributed by atoms with Gasteiger partial charge in [0, 0.05) is 25.9 Å². The van der Waals surface area contributed by atoms with Crippen LogP contribution in [0, 0.1) is 0 Å². The summed E-state index contributed by atoms with van der Waals surface area (Å²) in [6.45, 7) is -0.940. The van der Waals surface area contributed by atoms with Crippen molar-refractivity contribution in [3.8, 4) is 11.5 Å². The van der Waals surface area contributed by atoms with Crippen LogP contribution in [0.5, 0.6) is 11.5 Å². The first-order valence-corrected chi connectivity index (χ1v) is 10.9. The first-order valence-electron chi connectivity index (χ1n) is 10.9. The summed E-state index contributed by atoms with van der Waals surface area (Å²) in [5.41, 5.74) is 0.720. The van der Waals surface area contributed by atoms with Gasteiger partial charge in [-0.2, -0.15) is 0 Å². The van der Waals surface area contributed by atoms with Gasteiger partial charge in [-0.3, -0.25) is 28.9 Å². The number of nitrogens with zero attached hydrogens (tertiary/aromatic N) is 1. The van der Waals surface area contributed by atoms with Crippen LogP contribution in [0.25, 0.3) is 0 Å². The lowest BCUT2D eigenvalue weighted by atomic mass is 10.1. The molecule has 0 saturated carbocycles. The van der Waals surface area contributed by atoms with Crippen molar-refractivity contribution in [3.05, 3.63) is 23.8 Å². The predicted octanol–water partition coefficient (Wildman–Crippen LogP) is -0.252. The molecule has 0 aliphatic heterocycles. The predicted molar refractivity (Wildman–Crippen MR) is 121 cm³/mol. The van der Waals surface area contributed by atoms with Crippen molar-refractivity contribution in [2.24, 2.45) is 0 Å². The second-order valence-electron chi connectivity index (χ2n) is 7.82. The smallest absolute Gasteiger partial charge is 0.320 e. The van der Waals surface area contributed by atoms with Gasteiger partial charge < -0.3 is 36.2 Å². The molecule has 2 amide bonds. The van der Waals surface area contributed by atoms with E-state index in [1.165, 1.54) is 12.1 Å². The first kappa shape index (κ1) is 29.2. The first-order chi connectivity index (χ1) is 16.5. The summed E-state index contributed by atoms with van der Waals surface area (Å²) in [7, 11) is 0. The Labute approximate surface area is 201 Å². The largest absolute Gasteiger partial charge is 0.504 e. The summed E-state index contributed by atoms with van der Waals surface area (Å²) < 4.78 is 0. The normalized spacial score (nSPS) is 11.6. The van der Waals surface area contributed by atoms with Crippen LogP contribution in [0.3, 0.4) is 0 Å². The molecular formula is C22H31N3O10. The number of amides is 2. The molecule has 1 aromatic carbocycles. The van der Waals surface area contributed by atoms with Crippen LogP contribution in [0.2, 0.25) is 0 Å². The topological polar surface area (TPSA) is 214 Å². The molecule has 0 aromatic heterocycles. The zero-order chi connectivity index (χ0) is 26.4. The van der Waals surface area contributed by atoms with Gasteiger partial charge in [-0.05, 0) is 43.4 Å². The number of aliphatic carboxylic acids is 3. The monoisotopic (exact) mass is 497 g/mol. The van der Waals surface area contributed by atoms with Crippen molar-refractivity contribution >= 4 is 29.7 Å². The summed E-state index contributed by atoms with van der Waals surface area (Å²) >= 11 is 0. The number of carbonyl (C=O) groups is 5. The van der Waals surface area contributed by atoms with Gasteiger partial charge in [0.05, 0.1) is 13.1 Å². The average molecular weight is 498 g/mol. The van der Waals surface area contributed by atoms with E-state index in [-0.39, 0.29) is 55.7 Å². The van der Waals surface area contributed by atoms with Crippen molar-refractivity contribution in [2.75, 3.05) is 26.2 Å². The highest BCUT2D eigenvalue weighted by Crippen LogP contribution is 2.24. The Bertz CT molecular complexity index is 889. The number of phenols is 2. The van der Waals surface area contributed by atoms with Gasteiger partial charge >= 0.3 is 17.9 Å². The van der Waals surface area contributed by atoms with Crippen LogP contribution < -0.4 is 10.6 Å². The Morgan fingerprint density at radius 3 is 1.89 bits per heavy atom. The van der Waals surface area contributed by atoms with E-state index in [9.17, 15) is 39.3 Å². The fourth-order valence-corrected chi connectivity index (χ4v) is 3.25.